The molecule has 2 heterocycles. The summed E-state index contributed by atoms with van der Waals surface area (Å²) < 4.78 is 61.0. The average Bonchev–Trinajstić information content (AvgIpc) is 2.64. The Hall–Kier alpha value is -3.16. The monoisotopic (exact) mass is 403 g/mol. The Kier molecular flexibility index (Phi) is 4.86. The Balaban J connectivity index is 1.83. The maximum Gasteiger partial charge on any atom is 0.421 e. The van der Waals surface area contributed by atoms with Gasteiger partial charge in [-0.3, -0.25) is 0 Å². The molecule has 1 aliphatic carbocycles. The van der Waals surface area contributed by atoms with Crippen molar-refractivity contribution >= 4 is 5.82 Å². The zero-order valence-electron chi connectivity index (χ0n) is 15.2. The van der Waals surface area contributed by atoms with Crippen molar-refractivity contribution < 1.29 is 22.3 Å². The van der Waals surface area contributed by atoms with E-state index >= 15 is 4.39 Å². The molecule has 150 valence electrons. The molecule has 0 atom stereocenters. The van der Waals surface area contributed by atoms with Crippen LogP contribution >= 0.6 is 0 Å². The molecule has 0 radical (unpaired) electrons. The highest BCUT2D eigenvalue weighted by atomic mass is 19.4. The van der Waals surface area contributed by atoms with Gasteiger partial charge >= 0.3 is 6.18 Å². The molecule has 2 N–H and O–H groups in total. The molecule has 4 rings (SSSR count). The number of aromatic nitrogens is 2. The van der Waals surface area contributed by atoms with Crippen molar-refractivity contribution in [1.29, 1.82) is 0 Å². The molecule has 0 bridgehead atoms. The lowest BCUT2D eigenvalue weighted by molar-refractivity contribution is -0.138. The van der Waals surface area contributed by atoms with E-state index in [1.54, 1.807) is 18.2 Å². The third kappa shape index (κ3) is 3.74. The van der Waals surface area contributed by atoms with E-state index in [2.05, 4.69) is 9.97 Å². The second-order valence-corrected chi connectivity index (χ2v) is 6.90. The number of benzene rings is 1. The van der Waals surface area contributed by atoms with Gasteiger partial charge in [0.1, 0.15) is 11.4 Å². The summed E-state index contributed by atoms with van der Waals surface area (Å²) in [6, 6.07) is 8.42. The van der Waals surface area contributed by atoms with Crippen LogP contribution in [0.2, 0.25) is 0 Å². The minimum absolute atomic E-state index is 0.0381. The second kappa shape index (κ2) is 7.35. The molecule has 0 amide bonds. The van der Waals surface area contributed by atoms with Gasteiger partial charge in [0.05, 0.1) is 0 Å². The van der Waals surface area contributed by atoms with Crippen LogP contribution in [0.3, 0.4) is 0 Å². The topological polar surface area (TPSA) is 61.0 Å². The minimum atomic E-state index is -4.67. The molecule has 0 aliphatic heterocycles. The van der Waals surface area contributed by atoms with Crippen LogP contribution in [0.1, 0.15) is 36.3 Å². The summed E-state index contributed by atoms with van der Waals surface area (Å²) >= 11 is 0. The Morgan fingerprint density at radius 3 is 2.45 bits per heavy atom. The first-order valence-electron chi connectivity index (χ1n) is 9.09. The molecule has 29 heavy (non-hydrogen) atoms. The van der Waals surface area contributed by atoms with E-state index in [1.165, 1.54) is 18.5 Å². The molecule has 0 saturated heterocycles. The van der Waals surface area contributed by atoms with Gasteiger partial charge in [0.25, 0.3) is 0 Å². The molecular formula is C21H17F4N3O. The quantitative estimate of drug-likeness (QED) is 0.548. The zero-order chi connectivity index (χ0) is 20.6. The van der Waals surface area contributed by atoms with Gasteiger partial charge in [-0.05, 0) is 43.0 Å². The van der Waals surface area contributed by atoms with E-state index in [4.69, 9.17) is 10.5 Å². The Morgan fingerprint density at radius 1 is 1.03 bits per heavy atom. The lowest BCUT2D eigenvalue weighted by atomic mass is 9.79. The summed E-state index contributed by atoms with van der Waals surface area (Å²) in [5.74, 6) is -1.34. The number of ether oxygens (including phenoxy) is 1. The SMILES string of the molecule is Nc1ccc(-c2ccc(C3CCC3)c(Oc3ncccc3C(F)(F)F)c2F)cn1. The van der Waals surface area contributed by atoms with Crippen molar-refractivity contribution in [3.05, 3.63) is 65.7 Å². The van der Waals surface area contributed by atoms with Crippen LogP contribution < -0.4 is 10.5 Å². The minimum Gasteiger partial charge on any atom is -0.435 e. The number of hydrogen-bond acceptors (Lipinski definition) is 4. The smallest absolute Gasteiger partial charge is 0.421 e. The van der Waals surface area contributed by atoms with Crippen molar-refractivity contribution in [2.45, 2.75) is 31.4 Å². The van der Waals surface area contributed by atoms with Crippen LogP contribution in [0.25, 0.3) is 11.1 Å². The molecule has 1 saturated carbocycles. The number of rotatable bonds is 4. The fourth-order valence-corrected chi connectivity index (χ4v) is 3.29. The van der Waals surface area contributed by atoms with E-state index < -0.39 is 23.4 Å². The highest BCUT2D eigenvalue weighted by molar-refractivity contribution is 5.68. The van der Waals surface area contributed by atoms with Crippen LogP contribution in [-0.2, 0) is 6.18 Å². The highest BCUT2D eigenvalue weighted by Gasteiger charge is 2.36. The van der Waals surface area contributed by atoms with Crippen LogP contribution in [0, 0.1) is 5.82 Å². The van der Waals surface area contributed by atoms with E-state index in [0.29, 0.717) is 11.1 Å². The van der Waals surface area contributed by atoms with E-state index in [-0.39, 0.29) is 23.0 Å². The van der Waals surface area contributed by atoms with Gasteiger partial charge < -0.3 is 10.5 Å². The van der Waals surface area contributed by atoms with Gasteiger partial charge in [-0.15, -0.1) is 0 Å². The molecule has 4 nitrogen and oxygen atoms in total. The number of hydrogen-bond donors (Lipinski definition) is 1. The number of pyridine rings is 2. The largest absolute Gasteiger partial charge is 0.435 e. The lowest BCUT2D eigenvalue weighted by Gasteiger charge is -2.28. The van der Waals surface area contributed by atoms with Crippen LogP contribution in [0.4, 0.5) is 23.4 Å². The van der Waals surface area contributed by atoms with E-state index in [1.807, 2.05) is 0 Å². The molecule has 3 aromatic rings. The van der Waals surface area contributed by atoms with Crippen LogP contribution in [-0.4, -0.2) is 9.97 Å². The molecule has 2 aromatic heterocycles. The summed E-state index contributed by atoms with van der Waals surface area (Å²) in [6.07, 6.45) is 0.545. The highest BCUT2D eigenvalue weighted by Crippen LogP contribution is 2.46. The van der Waals surface area contributed by atoms with E-state index in [0.717, 1.165) is 31.4 Å². The first-order valence-corrected chi connectivity index (χ1v) is 9.09. The second-order valence-electron chi connectivity index (χ2n) is 6.90. The number of halogens is 4. The molecule has 1 aromatic carbocycles. The van der Waals surface area contributed by atoms with Gasteiger partial charge in [0.2, 0.25) is 5.88 Å². The van der Waals surface area contributed by atoms with Crippen molar-refractivity contribution in [3.8, 4) is 22.8 Å². The predicted molar refractivity (Wildman–Crippen MR) is 99.9 cm³/mol. The molecule has 1 fully saturated rings. The summed E-state index contributed by atoms with van der Waals surface area (Å²) in [6.45, 7) is 0. The van der Waals surface area contributed by atoms with Gasteiger partial charge in [-0.2, -0.15) is 13.2 Å². The maximum atomic E-state index is 15.5. The van der Waals surface area contributed by atoms with Gasteiger partial charge in [-0.1, -0.05) is 18.6 Å². The fourth-order valence-electron chi connectivity index (χ4n) is 3.29. The van der Waals surface area contributed by atoms with Gasteiger partial charge in [0.15, 0.2) is 11.6 Å². The van der Waals surface area contributed by atoms with Crippen molar-refractivity contribution in [2.75, 3.05) is 5.73 Å². The Labute approximate surface area is 164 Å². The zero-order valence-corrected chi connectivity index (χ0v) is 15.2. The van der Waals surface area contributed by atoms with Crippen LogP contribution in [0.15, 0.2) is 48.8 Å². The van der Waals surface area contributed by atoms with Gasteiger partial charge in [0, 0.05) is 29.1 Å². The van der Waals surface area contributed by atoms with Crippen molar-refractivity contribution in [3.63, 3.8) is 0 Å². The van der Waals surface area contributed by atoms with Crippen molar-refractivity contribution in [1.82, 2.24) is 9.97 Å². The summed E-state index contributed by atoms with van der Waals surface area (Å²) in [4.78, 5) is 7.65. The number of nitrogen functional groups attached to an aromatic ring is 1. The first-order chi connectivity index (χ1) is 13.8. The number of nitrogens with two attached hydrogens (primary N) is 1. The average molecular weight is 403 g/mol. The third-order valence-corrected chi connectivity index (χ3v) is 5.05. The number of anilines is 1. The lowest BCUT2D eigenvalue weighted by Crippen LogP contribution is -2.13. The summed E-state index contributed by atoms with van der Waals surface area (Å²) in [5, 5.41) is 0. The summed E-state index contributed by atoms with van der Waals surface area (Å²) in [5.41, 5.74) is 5.67. The van der Waals surface area contributed by atoms with E-state index in [9.17, 15) is 13.2 Å². The molecule has 1 aliphatic rings. The predicted octanol–water partition coefficient (Wildman–Crippen LogP) is 5.94. The molecular weight excluding hydrogens is 386 g/mol. The van der Waals surface area contributed by atoms with Crippen LogP contribution in [0.5, 0.6) is 11.6 Å². The normalized spacial score (nSPS) is 14.5. The Bertz CT molecular complexity index is 1030. The molecule has 0 unspecified atom stereocenters. The number of alkyl halides is 3. The molecule has 8 heteroatoms. The van der Waals surface area contributed by atoms with Crippen molar-refractivity contribution in [2.24, 2.45) is 0 Å². The Morgan fingerprint density at radius 2 is 1.83 bits per heavy atom. The molecule has 0 spiro atoms. The van der Waals surface area contributed by atoms with Gasteiger partial charge in [-0.25, -0.2) is 14.4 Å². The summed E-state index contributed by atoms with van der Waals surface area (Å²) in [7, 11) is 0. The number of nitrogens with zero attached hydrogens (tertiary/aromatic N) is 2. The standard InChI is InChI=1S/C21H17F4N3O/c22-18-14(13-6-9-17(26)28-11-13)7-8-15(12-3-1-4-12)19(18)29-20-16(21(23,24)25)5-2-10-27-20/h2,5-12H,1,3-4H2,(H2,26,28). The maximum absolute atomic E-state index is 15.5. The third-order valence-electron chi connectivity index (χ3n) is 5.05. The first kappa shape index (κ1) is 19.2. The fraction of sp³-hybridized carbons (Fsp3) is 0.238.